The molecule has 23 heavy (non-hydrogen) atoms. The Hall–Kier alpha value is -1.15. The summed E-state index contributed by atoms with van der Waals surface area (Å²) in [6.07, 6.45) is 1.50. The van der Waals surface area contributed by atoms with E-state index in [-0.39, 0.29) is 29.0 Å². The molecule has 2 rings (SSSR count). The highest BCUT2D eigenvalue weighted by Crippen LogP contribution is 2.18. The van der Waals surface area contributed by atoms with E-state index in [9.17, 15) is 13.2 Å². The average molecular weight is 361 g/mol. The largest absolute Gasteiger partial charge is 0.381 e. The second-order valence-corrected chi connectivity index (χ2v) is 8.08. The van der Waals surface area contributed by atoms with E-state index >= 15 is 0 Å². The van der Waals surface area contributed by atoms with E-state index < -0.39 is 15.9 Å². The number of hydrogen-bond donors (Lipinski definition) is 2. The highest BCUT2D eigenvalue weighted by Gasteiger charge is 2.26. The van der Waals surface area contributed by atoms with E-state index in [1.165, 1.54) is 24.3 Å². The number of nitrogens with two attached hydrogens (primary N) is 1. The van der Waals surface area contributed by atoms with Gasteiger partial charge in [-0.1, -0.05) is 11.6 Å². The monoisotopic (exact) mass is 360 g/mol. The third-order valence-corrected chi connectivity index (χ3v) is 5.90. The van der Waals surface area contributed by atoms with Gasteiger partial charge in [-0.25, -0.2) is 8.42 Å². The maximum absolute atomic E-state index is 12.2. The Labute approximate surface area is 141 Å². The molecule has 0 aromatic heterocycles. The van der Waals surface area contributed by atoms with Crippen LogP contribution in [0.3, 0.4) is 0 Å². The van der Waals surface area contributed by atoms with Crippen molar-refractivity contribution in [1.29, 1.82) is 0 Å². The van der Waals surface area contributed by atoms with Gasteiger partial charge in [0.25, 0.3) is 0 Å². The van der Waals surface area contributed by atoms with Gasteiger partial charge in [-0.2, -0.15) is 0 Å². The first kappa shape index (κ1) is 18.2. The van der Waals surface area contributed by atoms with Crippen LogP contribution in [0.25, 0.3) is 0 Å². The number of hydrogen-bond acceptors (Lipinski definition) is 5. The summed E-state index contributed by atoms with van der Waals surface area (Å²) in [6, 6.07) is 5.32. The number of benzene rings is 1. The SMILES string of the molecule is NC(C(=O)NCCS(=O)(=O)c1ccc(Cl)cc1)C1CCOCC1. The lowest BCUT2D eigenvalue weighted by atomic mass is 9.92. The van der Waals surface area contributed by atoms with Gasteiger partial charge in [-0.05, 0) is 43.0 Å². The molecule has 6 nitrogen and oxygen atoms in total. The van der Waals surface area contributed by atoms with Gasteiger partial charge in [-0.3, -0.25) is 4.79 Å². The van der Waals surface area contributed by atoms with Gasteiger partial charge < -0.3 is 15.8 Å². The normalized spacial score (nSPS) is 17.7. The van der Waals surface area contributed by atoms with E-state index in [0.717, 1.165) is 12.8 Å². The molecular formula is C15H21ClN2O4S. The Kier molecular flexibility index (Phi) is 6.41. The van der Waals surface area contributed by atoms with Crippen LogP contribution in [-0.4, -0.2) is 45.9 Å². The van der Waals surface area contributed by atoms with Crippen LogP contribution in [0.1, 0.15) is 12.8 Å². The first-order valence-electron chi connectivity index (χ1n) is 7.49. The topological polar surface area (TPSA) is 98.5 Å². The Bertz CT molecular complexity index is 627. The maximum Gasteiger partial charge on any atom is 0.237 e. The predicted octanol–water partition coefficient (Wildman–Crippen LogP) is 0.984. The van der Waals surface area contributed by atoms with Gasteiger partial charge in [0.2, 0.25) is 5.91 Å². The summed E-state index contributed by atoms with van der Waals surface area (Å²) in [5.74, 6) is -0.416. The summed E-state index contributed by atoms with van der Waals surface area (Å²) in [5.41, 5.74) is 5.94. The fourth-order valence-electron chi connectivity index (χ4n) is 2.48. The zero-order valence-corrected chi connectivity index (χ0v) is 14.3. The molecule has 0 aliphatic carbocycles. The van der Waals surface area contributed by atoms with Gasteiger partial charge in [0.05, 0.1) is 16.7 Å². The van der Waals surface area contributed by atoms with Crippen molar-refractivity contribution in [3.8, 4) is 0 Å². The van der Waals surface area contributed by atoms with Crippen LogP contribution in [-0.2, 0) is 19.4 Å². The average Bonchev–Trinajstić information content (AvgIpc) is 2.55. The molecule has 1 atom stereocenters. The zero-order valence-electron chi connectivity index (χ0n) is 12.7. The molecule has 1 heterocycles. The minimum Gasteiger partial charge on any atom is -0.381 e. The van der Waals surface area contributed by atoms with Crippen LogP contribution in [0.2, 0.25) is 5.02 Å². The van der Waals surface area contributed by atoms with Crippen LogP contribution in [0, 0.1) is 5.92 Å². The van der Waals surface area contributed by atoms with E-state index in [2.05, 4.69) is 5.32 Å². The van der Waals surface area contributed by atoms with Crippen molar-refractivity contribution in [2.24, 2.45) is 11.7 Å². The highest BCUT2D eigenvalue weighted by molar-refractivity contribution is 7.91. The van der Waals surface area contributed by atoms with Crippen molar-refractivity contribution >= 4 is 27.3 Å². The van der Waals surface area contributed by atoms with Crippen molar-refractivity contribution < 1.29 is 17.9 Å². The molecule has 1 aromatic carbocycles. The summed E-state index contributed by atoms with van der Waals surface area (Å²) >= 11 is 5.74. The fourth-order valence-corrected chi connectivity index (χ4v) is 3.76. The molecular weight excluding hydrogens is 340 g/mol. The molecule has 1 unspecified atom stereocenters. The van der Waals surface area contributed by atoms with Crippen molar-refractivity contribution in [3.05, 3.63) is 29.3 Å². The Morgan fingerprint density at radius 3 is 2.52 bits per heavy atom. The molecule has 1 saturated heterocycles. The molecule has 1 aliphatic rings. The smallest absolute Gasteiger partial charge is 0.237 e. The number of amides is 1. The van der Waals surface area contributed by atoms with Gasteiger partial charge in [0.15, 0.2) is 9.84 Å². The zero-order chi connectivity index (χ0) is 16.9. The number of halogens is 1. The quantitative estimate of drug-likeness (QED) is 0.788. The summed E-state index contributed by atoms with van der Waals surface area (Å²) < 4.78 is 29.5. The number of carbonyl (C=O) groups is 1. The summed E-state index contributed by atoms with van der Waals surface area (Å²) in [6.45, 7) is 1.24. The number of rotatable bonds is 6. The third-order valence-electron chi connectivity index (χ3n) is 3.92. The van der Waals surface area contributed by atoms with E-state index in [1.807, 2.05) is 0 Å². The first-order chi connectivity index (χ1) is 10.9. The Morgan fingerprint density at radius 2 is 1.91 bits per heavy atom. The molecule has 0 radical (unpaired) electrons. The van der Waals surface area contributed by atoms with Crippen molar-refractivity contribution in [3.63, 3.8) is 0 Å². The molecule has 0 saturated carbocycles. The number of ether oxygens (including phenoxy) is 1. The maximum atomic E-state index is 12.2. The lowest BCUT2D eigenvalue weighted by Gasteiger charge is -2.26. The van der Waals surface area contributed by atoms with E-state index in [4.69, 9.17) is 22.1 Å². The van der Waals surface area contributed by atoms with Crippen LogP contribution < -0.4 is 11.1 Å². The molecule has 1 amide bonds. The Balaban J connectivity index is 1.83. The molecule has 0 bridgehead atoms. The minimum atomic E-state index is -3.46. The first-order valence-corrected chi connectivity index (χ1v) is 9.52. The van der Waals surface area contributed by atoms with Crippen molar-refractivity contribution in [2.75, 3.05) is 25.5 Å². The molecule has 0 spiro atoms. The van der Waals surface area contributed by atoms with E-state index in [0.29, 0.717) is 18.2 Å². The summed E-state index contributed by atoms with van der Waals surface area (Å²) in [4.78, 5) is 12.2. The second-order valence-electron chi connectivity index (χ2n) is 5.54. The molecule has 8 heteroatoms. The number of sulfone groups is 1. The lowest BCUT2D eigenvalue weighted by Crippen LogP contribution is -2.48. The molecule has 3 N–H and O–H groups in total. The molecule has 128 valence electrons. The van der Waals surface area contributed by atoms with Crippen LogP contribution >= 0.6 is 11.6 Å². The van der Waals surface area contributed by atoms with Gasteiger partial charge >= 0.3 is 0 Å². The van der Waals surface area contributed by atoms with Gasteiger partial charge in [0.1, 0.15) is 0 Å². The standard InChI is InChI=1S/C15H21ClN2O4S/c16-12-1-3-13(4-2-12)23(20,21)10-7-18-15(19)14(17)11-5-8-22-9-6-11/h1-4,11,14H,5-10,17H2,(H,18,19). The second kappa shape index (κ2) is 8.10. The fraction of sp³-hybridized carbons (Fsp3) is 0.533. The molecule has 1 fully saturated rings. The molecule has 1 aliphatic heterocycles. The Morgan fingerprint density at radius 1 is 1.30 bits per heavy atom. The highest BCUT2D eigenvalue weighted by atomic mass is 35.5. The van der Waals surface area contributed by atoms with Crippen LogP contribution in [0.5, 0.6) is 0 Å². The predicted molar refractivity (Wildman–Crippen MR) is 88.0 cm³/mol. The lowest BCUT2D eigenvalue weighted by molar-refractivity contribution is -0.124. The number of carbonyl (C=O) groups excluding carboxylic acids is 1. The van der Waals surface area contributed by atoms with E-state index in [1.54, 1.807) is 0 Å². The number of nitrogens with one attached hydrogen (secondary N) is 1. The van der Waals surface area contributed by atoms with Crippen LogP contribution in [0.4, 0.5) is 0 Å². The van der Waals surface area contributed by atoms with Gasteiger partial charge in [0, 0.05) is 24.8 Å². The van der Waals surface area contributed by atoms with Crippen LogP contribution in [0.15, 0.2) is 29.2 Å². The summed E-state index contributed by atoms with van der Waals surface area (Å²) in [7, 11) is -3.46. The van der Waals surface area contributed by atoms with Crippen molar-refractivity contribution in [1.82, 2.24) is 5.32 Å². The minimum absolute atomic E-state index is 0.0285. The summed E-state index contributed by atoms with van der Waals surface area (Å²) in [5, 5.41) is 3.08. The third kappa shape index (κ3) is 5.17. The van der Waals surface area contributed by atoms with Gasteiger partial charge in [-0.15, -0.1) is 0 Å². The molecule has 1 aromatic rings. The van der Waals surface area contributed by atoms with Crippen molar-refractivity contribution in [2.45, 2.75) is 23.8 Å².